The lowest BCUT2D eigenvalue weighted by Crippen LogP contribution is -2.19. The number of hydrogen-bond acceptors (Lipinski definition) is 6. The van der Waals surface area contributed by atoms with Gasteiger partial charge in [0.05, 0.1) is 18.9 Å². The van der Waals surface area contributed by atoms with Crippen molar-refractivity contribution in [2.75, 3.05) is 12.4 Å². The highest BCUT2D eigenvalue weighted by molar-refractivity contribution is 6.09. The van der Waals surface area contributed by atoms with Crippen LogP contribution in [0.25, 0.3) is 0 Å². The second-order valence-corrected chi connectivity index (χ2v) is 3.66. The van der Waals surface area contributed by atoms with Crippen molar-refractivity contribution in [3.63, 3.8) is 0 Å². The highest BCUT2D eigenvalue weighted by Gasteiger charge is 2.17. The number of aromatic amines is 1. The molecule has 2 aromatic rings. The molecule has 104 valence electrons. The van der Waals surface area contributed by atoms with Crippen molar-refractivity contribution >= 4 is 17.6 Å². The zero-order chi connectivity index (χ0) is 14.5. The third-order valence-corrected chi connectivity index (χ3v) is 2.47. The molecule has 0 aliphatic heterocycles. The molecule has 0 saturated heterocycles. The minimum atomic E-state index is -0.466. The fourth-order valence-electron chi connectivity index (χ4n) is 1.54. The molecule has 9 nitrogen and oxygen atoms in total. The van der Waals surface area contributed by atoms with Gasteiger partial charge < -0.3 is 21.0 Å². The molecule has 0 bridgehead atoms. The number of oxime groups is 1. The molecule has 9 heteroatoms. The van der Waals surface area contributed by atoms with E-state index in [2.05, 4.69) is 25.7 Å². The smallest absolute Gasteiger partial charge is 0.262 e. The lowest BCUT2D eigenvalue weighted by Gasteiger charge is -2.07. The van der Waals surface area contributed by atoms with Gasteiger partial charge in [0.15, 0.2) is 5.84 Å². The normalized spacial score (nSPS) is 11.2. The van der Waals surface area contributed by atoms with Crippen LogP contribution in [0, 0.1) is 0 Å². The Morgan fingerprint density at radius 1 is 1.55 bits per heavy atom. The van der Waals surface area contributed by atoms with E-state index >= 15 is 0 Å². The van der Waals surface area contributed by atoms with E-state index in [1.54, 1.807) is 12.1 Å². The van der Waals surface area contributed by atoms with Gasteiger partial charge in [-0.15, -0.1) is 0 Å². The van der Waals surface area contributed by atoms with Gasteiger partial charge >= 0.3 is 0 Å². The Labute approximate surface area is 113 Å². The van der Waals surface area contributed by atoms with Crippen LogP contribution in [0.1, 0.15) is 15.9 Å². The summed E-state index contributed by atoms with van der Waals surface area (Å²) >= 11 is 0. The van der Waals surface area contributed by atoms with Crippen LogP contribution >= 0.6 is 0 Å². The minimum Gasteiger partial charge on any atom is -0.480 e. The Hall–Kier alpha value is -3.10. The maximum absolute atomic E-state index is 12.1. The number of amidine groups is 1. The predicted octanol–water partition coefficient (Wildman–Crippen LogP) is 0.160. The quantitative estimate of drug-likeness (QED) is 0.271. The summed E-state index contributed by atoms with van der Waals surface area (Å²) in [6, 6.07) is 3.16. The van der Waals surface area contributed by atoms with Crippen molar-refractivity contribution in [2.24, 2.45) is 10.9 Å². The average Bonchev–Trinajstić information content (AvgIpc) is 2.94. The van der Waals surface area contributed by atoms with Crippen LogP contribution in [0.5, 0.6) is 5.88 Å². The van der Waals surface area contributed by atoms with E-state index in [1.807, 2.05) is 0 Å². The largest absolute Gasteiger partial charge is 0.480 e. The number of amides is 1. The number of nitrogens with two attached hydrogens (primary N) is 1. The number of H-pyrrole nitrogens is 1. The Kier molecular flexibility index (Phi) is 3.80. The number of nitrogens with zero attached hydrogens (tertiary/aromatic N) is 3. The minimum absolute atomic E-state index is 0.174. The average molecular weight is 276 g/mol. The number of anilines is 1. The molecule has 20 heavy (non-hydrogen) atoms. The van der Waals surface area contributed by atoms with E-state index < -0.39 is 5.91 Å². The van der Waals surface area contributed by atoms with E-state index in [0.717, 1.165) is 0 Å². The van der Waals surface area contributed by atoms with Crippen LogP contribution in [-0.4, -0.2) is 39.2 Å². The van der Waals surface area contributed by atoms with Crippen molar-refractivity contribution < 1.29 is 14.7 Å². The lowest BCUT2D eigenvalue weighted by atomic mass is 10.2. The maximum Gasteiger partial charge on any atom is 0.262 e. The first-order valence-electron chi connectivity index (χ1n) is 5.49. The number of carbonyl (C=O) groups excluding carboxylic acids is 1. The summed E-state index contributed by atoms with van der Waals surface area (Å²) in [5.41, 5.74) is 5.97. The summed E-state index contributed by atoms with van der Waals surface area (Å²) in [4.78, 5) is 16.1. The molecule has 0 spiro atoms. The molecule has 0 aliphatic rings. The van der Waals surface area contributed by atoms with Gasteiger partial charge in [-0.05, 0) is 12.1 Å². The summed E-state index contributed by atoms with van der Waals surface area (Å²) in [6.45, 7) is 0. The number of nitrogens with one attached hydrogen (secondary N) is 2. The molecule has 2 aromatic heterocycles. The van der Waals surface area contributed by atoms with Gasteiger partial charge in [0.2, 0.25) is 5.88 Å². The van der Waals surface area contributed by atoms with Crippen molar-refractivity contribution in [3.05, 3.63) is 35.7 Å². The Bertz CT molecular complexity index is 651. The van der Waals surface area contributed by atoms with Crippen LogP contribution < -0.4 is 15.8 Å². The van der Waals surface area contributed by atoms with Gasteiger partial charge in [-0.1, -0.05) is 5.16 Å². The van der Waals surface area contributed by atoms with Gasteiger partial charge in [0, 0.05) is 6.20 Å². The zero-order valence-corrected chi connectivity index (χ0v) is 10.5. The number of aromatic nitrogens is 3. The number of carbonyl (C=O) groups is 1. The SMILES string of the molecule is COc1ncccc1C(=O)Nc1[nH]ncc1C(N)=NO. The van der Waals surface area contributed by atoms with Crippen molar-refractivity contribution in [1.82, 2.24) is 15.2 Å². The van der Waals surface area contributed by atoms with E-state index in [0.29, 0.717) is 0 Å². The topological polar surface area (TPSA) is 139 Å². The molecule has 0 saturated carbocycles. The van der Waals surface area contributed by atoms with Crippen LogP contribution in [0.3, 0.4) is 0 Å². The fourth-order valence-corrected chi connectivity index (χ4v) is 1.54. The zero-order valence-electron chi connectivity index (χ0n) is 10.5. The first kappa shape index (κ1) is 13.3. The predicted molar refractivity (Wildman–Crippen MR) is 69.8 cm³/mol. The summed E-state index contributed by atoms with van der Waals surface area (Å²) in [5, 5.41) is 20.3. The molecule has 0 radical (unpaired) electrons. The molecule has 0 aliphatic carbocycles. The highest BCUT2D eigenvalue weighted by Crippen LogP contribution is 2.17. The van der Waals surface area contributed by atoms with E-state index in [-0.39, 0.29) is 28.7 Å². The number of methoxy groups -OCH3 is 1. The van der Waals surface area contributed by atoms with Crippen LogP contribution in [-0.2, 0) is 0 Å². The van der Waals surface area contributed by atoms with E-state index in [9.17, 15) is 4.79 Å². The molecule has 2 rings (SSSR count). The number of ether oxygens (including phenoxy) is 1. The first-order chi connectivity index (χ1) is 9.67. The fraction of sp³-hybridized carbons (Fsp3) is 0.0909. The van der Waals surface area contributed by atoms with E-state index in [4.69, 9.17) is 15.7 Å². The monoisotopic (exact) mass is 276 g/mol. The first-order valence-corrected chi connectivity index (χ1v) is 5.49. The Balaban J connectivity index is 2.27. The molecule has 0 atom stereocenters. The van der Waals surface area contributed by atoms with Gasteiger partial charge in [0.25, 0.3) is 5.91 Å². The van der Waals surface area contributed by atoms with Gasteiger partial charge in [-0.3, -0.25) is 9.89 Å². The van der Waals surface area contributed by atoms with Crippen LogP contribution in [0.15, 0.2) is 29.7 Å². The van der Waals surface area contributed by atoms with Crippen molar-refractivity contribution in [3.8, 4) is 5.88 Å². The summed E-state index contributed by atoms with van der Waals surface area (Å²) in [7, 11) is 1.41. The second kappa shape index (κ2) is 5.69. The summed E-state index contributed by atoms with van der Waals surface area (Å²) < 4.78 is 5.00. The Morgan fingerprint density at radius 2 is 2.35 bits per heavy atom. The van der Waals surface area contributed by atoms with Gasteiger partial charge in [-0.2, -0.15) is 5.10 Å². The molecule has 0 aromatic carbocycles. The third kappa shape index (κ3) is 2.51. The Morgan fingerprint density at radius 3 is 3.05 bits per heavy atom. The van der Waals surface area contributed by atoms with Crippen molar-refractivity contribution in [2.45, 2.75) is 0 Å². The van der Waals surface area contributed by atoms with Crippen LogP contribution in [0.2, 0.25) is 0 Å². The number of rotatable bonds is 4. The molecule has 0 unspecified atom stereocenters. The standard InChI is InChI=1S/C11H12N6O3/c1-20-11-6(3-2-4-13-11)10(18)15-9-7(5-14-16-9)8(12)17-19/h2-5,19H,1H3,(H2,12,17)(H2,14,15,16,18). The van der Waals surface area contributed by atoms with Gasteiger partial charge in [0.1, 0.15) is 11.4 Å². The molecule has 0 fully saturated rings. The second-order valence-electron chi connectivity index (χ2n) is 3.66. The molecule has 2 heterocycles. The lowest BCUT2D eigenvalue weighted by molar-refractivity contribution is 0.102. The summed E-state index contributed by atoms with van der Waals surface area (Å²) in [5.74, 6) is -0.246. The molecule has 1 amide bonds. The third-order valence-electron chi connectivity index (χ3n) is 2.47. The van der Waals surface area contributed by atoms with Gasteiger partial charge in [-0.25, -0.2) is 4.98 Å². The molecular formula is C11H12N6O3. The number of pyridine rings is 1. The number of hydrogen-bond donors (Lipinski definition) is 4. The van der Waals surface area contributed by atoms with E-state index in [1.165, 1.54) is 19.5 Å². The highest BCUT2D eigenvalue weighted by atomic mass is 16.5. The summed E-state index contributed by atoms with van der Waals surface area (Å²) in [6.07, 6.45) is 2.83. The maximum atomic E-state index is 12.1. The molecule has 5 N–H and O–H groups in total. The molecular weight excluding hydrogens is 264 g/mol. The van der Waals surface area contributed by atoms with Crippen LogP contribution in [0.4, 0.5) is 5.82 Å². The van der Waals surface area contributed by atoms with Crippen molar-refractivity contribution in [1.29, 1.82) is 0 Å².